The van der Waals surface area contributed by atoms with Crippen LogP contribution in [0.15, 0.2) is 24.3 Å². The molecule has 1 aromatic carbocycles. The first-order valence-corrected chi connectivity index (χ1v) is 2.72. The number of hydrogen-bond acceptors (Lipinski definition) is 2. The number of hydrogen-bond donors (Lipinski definition) is 2. The first-order valence-electron chi connectivity index (χ1n) is 2.72. The topological polar surface area (TPSA) is 57.5 Å². The van der Waals surface area contributed by atoms with Gasteiger partial charge in [0.1, 0.15) is 5.75 Å². The van der Waals surface area contributed by atoms with Crippen molar-refractivity contribution in [3.8, 4) is 5.75 Å². The zero-order valence-electron chi connectivity index (χ0n) is 5.11. The van der Waals surface area contributed by atoms with Gasteiger partial charge in [0.2, 0.25) is 0 Å². The fraction of sp³-hybridized carbons (Fsp3) is 0. The summed E-state index contributed by atoms with van der Waals surface area (Å²) in [4.78, 5) is 10.2. The van der Waals surface area contributed by atoms with Crippen LogP contribution in [0.25, 0.3) is 0 Å². The SMILES string of the molecule is O=C(O)c1cccc(O)c1.[BaH2]. The summed E-state index contributed by atoms with van der Waals surface area (Å²) in [7, 11) is 0. The summed E-state index contributed by atoms with van der Waals surface area (Å²) in [6.45, 7) is 0. The van der Waals surface area contributed by atoms with Gasteiger partial charge in [0.25, 0.3) is 0 Å². The van der Waals surface area contributed by atoms with Gasteiger partial charge in [-0.1, -0.05) is 6.07 Å². The Labute approximate surface area is 104 Å². The van der Waals surface area contributed by atoms with Gasteiger partial charge in [-0.05, 0) is 18.2 Å². The van der Waals surface area contributed by atoms with E-state index in [1.807, 2.05) is 0 Å². The fourth-order valence-corrected chi connectivity index (χ4v) is 0.639. The molecule has 11 heavy (non-hydrogen) atoms. The number of carbonyl (C=O) groups is 1. The molecule has 0 fully saturated rings. The van der Waals surface area contributed by atoms with Crippen LogP contribution < -0.4 is 0 Å². The van der Waals surface area contributed by atoms with E-state index in [-0.39, 0.29) is 60.2 Å². The van der Waals surface area contributed by atoms with Gasteiger partial charge in [-0.15, -0.1) is 0 Å². The van der Waals surface area contributed by atoms with Crippen molar-refractivity contribution >= 4 is 54.9 Å². The molecule has 0 bridgehead atoms. The molecule has 0 heterocycles. The maximum absolute atomic E-state index is 10.2. The van der Waals surface area contributed by atoms with Crippen molar-refractivity contribution in [2.75, 3.05) is 0 Å². The number of benzene rings is 1. The van der Waals surface area contributed by atoms with Crippen LogP contribution in [-0.2, 0) is 0 Å². The maximum atomic E-state index is 10.2. The Bertz CT molecular complexity index is 260. The second kappa shape index (κ2) is 4.84. The molecule has 0 aliphatic rings. The van der Waals surface area contributed by atoms with E-state index < -0.39 is 5.97 Å². The van der Waals surface area contributed by atoms with Gasteiger partial charge in [-0.3, -0.25) is 0 Å². The number of rotatable bonds is 1. The van der Waals surface area contributed by atoms with E-state index in [1.54, 1.807) is 0 Å². The van der Waals surface area contributed by atoms with Gasteiger partial charge >= 0.3 is 54.9 Å². The van der Waals surface area contributed by atoms with Crippen molar-refractivity contribution in [2.45, 2.75) is 0 Å². The summed E-state index contributed by atoms with van der Waals surface area (Å²) in [5.74, 6) is -1.06. The number of phenols is 1. The Morgan fingerprint density at radius 3 is 2.36 bits per heavy atom. The van der Waals surface area contributed by atoms with Crippen LogP contribution in [0.2, 0.25) is 0 Å². The number of carboxylic acid groups (broad SMARTS) is 1. The van der Waals surface area contributed by atoms with Gasteiger partial charge in [0.05, 0.1) is 5.56 Å². The van der Waals surface area contributed by atoms with Crippen LogP contribution in [0.1, 0.15) is 10.4 Å². The van der Waals surface area contributed by atoms with E-state index >= 15 is 0 Å². The van der Waals surface area contributed by atoms with Gasteiger partial charge in [-0.2, -0.15) is 0 Å². The van der Waals surface area contributed by atoms with E-state index in [0.29, 0.717) is 0 Å². The van der Waals surface area contributed by atoms with E-state index in [9.17, 15) is 4.79 Å². The molecule has 1 aromatic rings. The molecule has 2 N–H and O–H groups in total. The van der Waals surface area contributed by atoms with E-state index in [4.69, 9.17) is 10.2 Å². The molecule has 0 spiro atoms. The van der Waals surface area contributed by atoms with Gasteiger partial charge < -0.3 is 10.2 Å². The van der Waals surface area contributed by atoms with Gasteiger partial charge in [0.15, 0.2) is 0 Å². The molecular formula is C7H8BaO3. The second-order valence-electron chi connectivity index (χ2n) is 1.86. The Hall–Kier alpha value is 0.0614. The van der Waals surface area contributed by atoms with Crippen LogP contribution in [0.4, 0.5) is 0 Å². The quantitative estimate of drug-likeness (QED) is 0.720. The first-order chi connectivity index (χ1) is 4.70. The van der Waals surface area contributed by atoms with Crippen molar-refractivity contribution in [1.82, 2.24) is 0 Å². The summed E-state index contributed by atoms with van der Waals surface area (Å²) in [6.07, 6.45) is 0. The normalized spacial score (nSPS) is 8.36. The minimum atomic E-state index is -1.03. The second-order valence-corrected chi connectivity index (χ2v) is 1.86. The van der Waals surface area contributed by atoms with E-state index in [1.165, 1.54) is 24.3 Å². The fourth-order valence-electron chi connectivity index (χ4n) is 0.639. The van der Waals surface area contributed by atoms with Crippen LogP contribution in [-0.4, -0.2) is 65.1 Å². The van der Waals surface area contributed by atoms with E-state index in [0.717, 1.165) is 0 Å². The monoisotopic (exact) mass is 278 g/mol. The Balaban J connectivity index is 0.000001000. The Kier molecular flexibility index (Phi) is 4.87. The minimum absolute atomic E-state index is 0. The molecule has 0 aliphatic carbocycles. The van der Waals surface area contributed by atoms with Crippen LogP contribution >= 0.6 is 0 Å². The molecule has 0 aromatic heterocycles. The van der Waals surface area contributed by atoms with Gasteiger partial charge in [-0.25, -0.2) is 4.79 Å². The summed E-state index contributed by atoms with van der Waals surface area (Å²) in [6, 6.07) is 5.52. The number of aromatic hydroxyl groups is 1. The molecule has 56 valence electrons. The first kappa shape index (κ1) is 11.1. The zero-order valence-corrected chi connectivity index (χ0v) is 5.11. The molecule has 0 amide bonds. The van der Waals surface area contributed by atoms with Crippen LogP contribution in [0.3, 0.4) is 0 Å². The molecule has 0 unspecified atom stereocenters. The number of aromatic carboxylic acids is 1. The zero-order chi connectivity index (χ0) is 7.56. The molecule has 0 radical (unpaired) electrons. The third-order valence-corrected chi connectivity index (χ3v) is 1.09. The van der Waals surface area contributed by atoms with E-state index in [2.05, 4.69) is 0 Å². The van der Waals surface area contributed by atoms with Gasteiger partial charge in [0, 0.05) is 0 Å². The molecule has 4 heteroatoms. The van der Waals surface area contributed by atoms with Crippen molar-refractivity contribution < 1.29 is 15.0 Å². The van der Waals surface area contributed by atoms with Crippen molar-refractivity contribution in [1.29, 1.82) is 0 Å². The third kappa shape index (κ3) is 3.31. The molecule has 0 aliphatic heterocycles. The molecule has 1 rings (SSSR count). The number of phenolic OH excluding ortho intramolecular Hbond substituents is 1. The van der Waals surface area contributed by atoms with Crippen molar-refractivity contribution in [3.05, 3.63) is 29.8 Å². The van der Waals surface area contributed by atoms with Crippen molar-refractivity contribution in [2.24, 2.45) is 0 Å². The standard InChI is InChI=1S/C7H6O3.Ba.2H/c8-6-3-1-2-5(4-6)7(9)10;;;/h1-4,8H,(H,9,10);;;. The predicted molar refractivity (Wildman–Crippen MR) is 43.6 cm³/mol. The number of carboxylic acids is 1. The molecule has 0 atom stereocenters. The average Bonchev–Trinajstić information content (AvgIpc) is 1.88. The summed E-state index contributed by atoms with van der Waals surface area (Å²) < 4.78 is 0. The van der Waals surface area contributed by atoms with Crippen molar-refractivity contribution in [3.63, 3.8) is 0 Å². The molecule has 0 saturated carbocycles. The molecule has 3 nitrogen and oxygen atoms in total. The van der Waals surface area contributed by atoms with Crippen LogP contribution in [0.5, 0.6) is 5.75 Å². The van der Waals surface area contributed by atoms with Crippen LogP contribution in [0, 0.1) is 0 Å². The molecular weight excluding hydrogens is 269 g/mol. The Morgan fingerprint density at radius 1 is 1.36 bits per heavy atom. The summed E-state index contributed by atoms with van der Waals surface area (Å²) >= 11 is 0. The summed E-state index contributed by atoms with van der Waals surface area (Å²) in [5.41, 5.74) is 0.0972. The average molecular weight is 277 g/mol. The third-order valence-electron chi connectivity index (χ3n) is 1.09. The predicted octanol–water partition coefficient (Wildman–Crippen LogP) is 0.174. The molecule has 0 saturated heterocycles. The Morgan fingerprint density at radius 2 is 2.00 bits per heavy atom. The summed E-state index contributed by atoms with van der Waals surface area (Å²) in [5, 5.41) is 17.2.